The number of carbonyl (C=O) groups excluding carboxylic acids is 1. The van der Waals surface area contributed by atoms with Crippen LogP contribution in [0, 0.1) is 0 Å². The van der Waals surface area contributed by atoms with E-state index in [0.717, 1.165) is 6.07 Å². The molecule has 0 aliphatic rings. The Labute approximate surface area is 132 Å². The van der Waals surface area contributed by atoms with Crippen molar-refractivity contribution in [3.05, 3.63) is 46.8 Å². The summed E-state index contributed by atoms with van der Waals surface area (Å²) < 4.78 is 40.1. The number of benzene rings is 1. The standard InChI is InChI=1S/C15H9F3N2O2S/c16-15(17,18)8-6-9(7-4-2-1-3-5-7)20-13-10(8)11(19)12(23-13)14(21)22/h1-6H,19H2,(H,21,22)/p-1. The lowest BCUT2D eigenvalue weighted by molar-refractivity contribution is -0.254. The number of carbonyl (C=O) groups is 1. The number of nitrogen functional groups attached to an aromatic ring is 1. The first-order valence-electron chi connectivity index (χ1n) is 6.36. The van der Waals surface area contributed by atoms with E-state index < -0.39 is 33.7 Å². The number of alkyl halides is 3. The number of aromatic nitrogens is 1. The number of hydrogen-bond acceptors (Lipinski definition) is 5. The Morgan fingerprint density at radius 3 is 2.43 bits per heavy atom. The molecule has 0 spiro atoms. The van der Waals surface area contributed by atoms with Gasteiger partial charge in [-0.1, -0.05) is 30.3 Å². The number of hydrogen-bond donors (Lipinski definition) is 1. The lowest BCUT2D eigenvalue weighted by Crippen LogP contribution is -2.22. The second kappa shape index (κ2) is 5.24. The van der Waals surface area contributed by atoms with Gasteiger partial charge in [0.2, 0.25) is 0 Å². The van der Waals surface area contributed by atoms with E-state index in [1.54, 1.807) is 30.3 Å². The number of pyridine rings is 1. The highest BCUT2D eigenvalue weighted by atomic mass is 32.1. The van der Waals surface area contributed by atoms with Crippen LogP contribution < -0.4 is 10.8 Å². The average Bonchev–Trinajstić information content (AvgIpc) is 2.84. The molecule has 118 valence electrons. The van der Waals surface area contributed by atoms with E-state index in [2.05, 4.69) is 4.98 Å². The Morgan fingerprint density at radius 2 is 1.87 bits per heavy atom. The van der Waals surface area contributed by atoms with Gasteiger partial charge in [-0.15, -0.1) is 11.3 Å². The van der Waals surface area contributed by atoms with Gasteiger partial charge in [0.25, 0.3) is 0 Å². The van der Waals surface area contributed by atoms with E-state index in [4.69, 9.17) is 5.73 Å². The van der Waals surface area contributed by atoms with Crippen molar-refractivity contribution >= 4 is 33.2 Å². The number of thiophene rings is 1. The second-order valence-electron chi connectivity index (χ2n) is 4.73. The van der Waals surface area contributed by atoms with Crippen LogP contribution in [0.25, 0.3) is 21.5 Å². The highest BCUT2D eigenvalue weighted by Crippen LogP contribution is 2.43. The van der Waals surface area contributed by atoms with Gasteiger partial charge in [-0.05, 0) is 6.07 Å². The Hall–Kier alpha value is -2.61. The highest BCUT2D eigenvalue weighted by molar-refractivity contribution is 7.21. The van der Waals surface area contributed by atoms with Crippen molar-refractivity contribution in [1.29, 1.82) is 0 Å². The van der Waals surface area contributed by atoms with Gasteiger partial charge < -0.3 is 15.6 Å². The van der Waals surface area contributed by atoms with E-state index in [9.17, 15) is 23.1 Å². The van der Waals surface area contributed by atoms with Crippen LogP contribution in [0.3, 0.4) is 0 Å². The monoisotopic (exact) mass is 337 g/mol. The summed E-state index contributed by atoms with van der Waals surface area (Å²) in [5.41, 5.74) is 4.68. The zero-order chi connectivity index (χ0) is 16.8. The third kappa shape index (κ3) is 2.61. The molecule has 0 aliphatic heterocycles. The minimum atomic E-state index is -4.69. The Balaban J connectivity index is 2.38. The smallest absolute Gasteiger partial charge is 0.417 e. The zero-order valence-electron chi connectivity index (χ0n) is 11.3. The normalized spacial score (nSPS) is 11.8. The first-order chi connectivity index (χ1) is 10.8. The molecule has 1 aromatic carbocycles. The van der Waals surface area contributed by atoms with Gasteiger partial charge in [0.05, 0.1) is 27.8 Å². The van der Waals surface area contributed by atoms with Crippen LogP contribution >= 0.6 is 11.3 Å². The molecule has 23 heavy (non-hydrogen) atoms. The van der Waals surface area contributed by atoms with Crippen molar-refractivity contribution < 1.29 is 23.1 Å². The number of halogens is 3. The number of rotatable bonds is 2. The van der Waals surface area contributed by atoms with Crippen LogP contribution in [-0.2, 0) is 6.18 Å². The maximum absolute atomic E-state index is 13.4. The number of carboxylic acids is 1. The van der Waals surface area contributed by atoms with E-state index >= 15 is 0 Å². The van der Waals surface area contributed by atoms with Crippen LogP contribution in [0.1, 0.15) is 15.2 Å². The van der Waals surface area contributed by atoms with Gasteiger partial charge in [-0.2, -0.15) is 13.2 Å². The van der Waals surface area contributed by atoms with E-state index in [0.29, 0.717) is 16.9 Å². The predicted octanol–water partition coefficient (Wildman–Crippen LogP) is 2.93. The van der Waals surface area contributed by atoms with Crippen LogP contribution in [0.5, 0.6) is 0 Å². The second-order valence-corrected chi connectivity index (χ2v) is 5.73. The number of anilines is 1. The van der Waals surface area contributed by atoms with E-state index in [-0.39, 0.29) is 10.5 Å². The zero-order valence-corrected chi connectivity index (χ0v) is 12.2. The summed E-state index contributed by atoms with van der Waals surface area (Å²) in [5.74, 6) is -1.63. The SMILES string of the molecule is Nc1c(C(=O)[O-])sc2nc(-c3ccccc3)cc(C(F)(F)F)c12. The minimum absolute atomic E-state index is 0.0876. The fourth-order valence-corrected chi connectivity index (χ4v) is 3.21. The maximum atomic E-state index is 13.4. The summed E-state index contributed by atoms with van der Waals surface area (Å²) in [5, 5.41) is 10.6. The molecule has 0 aliphatic carbocycles. The molecule has 0 saturated carbocycles. The quantitative estimate of drug-likeness (QED) is 0.780. The van der Waals surface area contributed by atoms with Crippen LogP contribution in [0.15, 0.2) is 36.4 Å². The summed E-state index contributed by atoms with van der Waals surface area (Å²) in [6, 6.07) is 9.17. The van der Waals surface area contributed by atoms with Crippen molar-refractivity contribution in [2.45, 2.75) is 6.18 Å². The van der Waals surface area contributed by atoms with Gasteiger partial charge in [0.15, 0.2) is 0 Å². The minimum Gasteiger partial charge on any atom is -0.544 e. The summed E-state index contributed by atoms with van der Waals surface area (Å²) >= 11 is 0.573. The first kappa shape index (κ1) is 15.3. The summed E-state index contributed by atoms with van der Waals surface area (Å²) in [6.45, 7) is 0. The molecule has 8 heteroatoms. The number of fused-ring (bicyclic) bond motifs is 1. The van der Waals surface area contributed by atoms with Gasteiger partial charge in [0, 0.05) is 10.9 Å². The lowest BCUT2D eigenvalue weighted by atomic mass is 10.1. The fourth-order valence-electron chi connectivity index (χ4n) is 2.25. The Kier molecular flexibility index (Phi) is 3.48. The lowest BCUT2D eigenvalue weighted by Gasteiger charge is -2.11. The molecule has 2 N–H and O–H groups in total. The van der Waals surface area contributed by atoms with E-state index in [1.807, 2.05) is 0 Å². The summed E-state index contributed by atoms with van der Waals surface area (Å²) in [4.78, 5) is 14.6. The molecule has 4 nitrogen and oxygen atoms in total. The van der Waals surface area contributed by atoms with Gasteiger partial charge in [-0.3, -0.25) is 0 Å². The Morgan fingerprint density at radius 1 is 1.22 bits per heavy atom. The molecular formula is C15H8F3N2O2S-. The number of carboxylic acid groups (broad SMARTS) is 1. The molecule has 0 atom stereocenters. The molecule has 3 rings (SSSR count). The number of nitrogens with two attached hydrogens (primary N) is 1. The van der Waals surface area contributed by atoms with Crippen molar-refractivity contribution in [3.8, 4) is 11.3 Å². The molecule has 0 fully saturated rings. The molecule has 0 bridgehead atoms. The molecule has 2 heterocycles. The number of nitrogens with zero attached hydrogens (tertiary/aromatic N) is 1. The molecule has 0 unspecified atom stereocenters. The van der Waals surface area contributed by atoms with Crippen LogP contribution in [-0.4, -0.2) is 11.0 Å². The van der Waals surface area contributed by atoms with Crippen LogP contribution in [0.2, 0.25) is 0 Å². The molecule has 3 aromatic rings. The van der Waals surface area contributed by atoms with Crippen molar-refractivity contribution in [3.63, 3.8) is 0 Å². The van der Waals surface area contributed by atoms with E-state index in [1.165, 1.54) is 0 Å². The first-order valence-corrected chi connectivity index (χ1v) is 7.17. The molecule has 0 radical (unpaired) electrons. The molecular weight excluding hydrogens is 329 g/mol. The third-order valence-corrected chi connectivity index (χ3v) is 4.34. The van der Waals surface area contributed by atoms with Crippen LogP contribution in [0.4, 0.5) is 18.9 Å². The van der Waals surface area contributed by atoms with Crippen molar-refractivity contribution in [2.75, 3.05) is 5.73 Å². The largest absolute Gasteiger partial charge is 0.544 e. The molecule has 0 saturated heterocycles. The maximum Gasteiger partial charge on any atom is 0.417 e. The summed E-state index contributed by atoms with van der Waals surface area (Å²) in [7, 11) is 0. The fraction of sp³-hybridized carbons (Fsp3) is 0.0667. The van der Waals surface area contributed by atoms with Gasteiger partial charge in [0.1, 0.15) is 4.83 Å². The summed E-state index contributed by atoms with van der Waals surface area (Å²) in [6.07, 6.45) is -4.69. The predicted molar refractivity (Wildman–Crippen MR) is 78.8 cm³/mol. The third-order valence-electron chi connectivity index (χ3n) is 3.26. The number of aromatic carboxylic acids is 1. The topological polar surface area (TPSA) is 79.0 Å². The van der Waals surface area contributed by atoms with Gasteiger partial charge in [-0.25, -0.2) is 4.98 Å². The molecule has 2 aromatic heterocycles. The average molecular weight is 337 g/mol. The van der Waals surface area contributed by atoms with Crippen molar-refractivity contribution in [1.82, 2.24) is 4.98 Å². The van der Waals surface area contributed by atoms with Crippen molar-refractivity contribution in [2.24, 2.45) is 0 Å². The highest BCUT2D eigenvalue weighted by Gasteiger charge is 2.35. The van der Waals surface area contributed by atoms with Gasteiger partial charge >= 0.3 is 6.18 Å². The Bertz CT molecular complexity index is 904. The molecule has 0 amide bonds.